The van der Waals surface area contributed by atoms with E-state index >= 15 is 0 Å². The van der Waals surface area contributed by atoms with E-state index in [9.17, 15) is 8.42 Å². The van der Waals surface area contributed by atoms with Crippen LogP contribution in [-0.4, -0.2) is 66.8 Å². The van der Waals surface area contributed by atoms with Gasteiger partial charge in [0.25, 0.3) is 0 Å². The smallest absolute Gasteiger partial charge is 0.191 e. The molecule has 1 rings (SSSR count). The zero-order valence-corrected chi connectivity index (χ0v) is 16.3. The zero-order valence-electron chi connectivity index (χ0n) is 15.5. The highest BCUT2D eigenvalue weighted by atomic mass is 32.2. The largest absolute Gasteiger partial charge is 0.496 e. The Bertz CT molecular complexity index is 660. The molecule has 8 heteroatoms. The average Bonchev–Trinajstić information content (AvgIpc) is 2.55. The molecule has 0 fully saturated rings. The molecule has 0 radical (unpaired) electrons. The molecule has 0 saturated carbocycles. The predicted molar refractivity (Wildman–Crippen MR) is 101 cm³/mol. The fraction of sp³-hybridized carbons (Fsp3) is 0.588. The number of guanidine groups is 1. The van der Waals surface area contributed by atoms with Crippen LogP contribution in [0.1, 0.15) is 11.1 Å². The molecule has 0 heterocycles. The van der Waals surface area contributed by atoms with Crippen LogP contribution in [-0.2, 0) is 21.0 Å². The van der Waals surface area contributed by atoms with Crippen LogP contribution in [0.3, 0.4) is 0 Å². The van der Waals surface area contributed by atoms with E-state index in [1.165, 1.54) is 11.8 Å². The highest BCUT2D eigenvalue weighted by Gasteiger charge is 2.04. The Morgan fingerprint density at radius 2 is 1.92 bits per heavy atom. The van der Waals surface area contributed by atoms with Gasteiger partial charge in [-0.05, 0) is 25.0 Å². The Kier molecular flexibility index (Phi) is 9.30. The minimum absolute atomic E-state index is 0.0400. The van der Waals surface area contributed by atoms with Crippen molar-refractivity contribution in [1.82, 2.24) is 10.6 Å². The molecule has 1 aromatic carbocycles. The summed E-state index contributed by atoms with van der Waals surface area (Å²) >= 11 is 0. The molecule has 0 bridgehead atoms. The van der Waals surface area contributed by atoms with Crippen molar-refractivity contribution in [3.63, 3.8) is 0 Å². The molecule has 1 aromatic rings. The molecule has 0 aromatic heterocycles. The van der Waals surface area contributed by atoms with Gasteiger partial charge in [-0.15, -0.1) is 0 Å². The van der Waals surface area contributed by atoms with Crippen LogP contribution in [0.2, 0.25) is 0 Å². The molecule has 0 amide bonds. The molecule has 0 unspecified atom stereocenters. The molecule has 7 nitrogen and oxygen atoms in total. The quantitative estimate of drug-likeness (QED) is 0.359. The Labute approximate surface area is 150 Å². The van der Waals surface area contributed by atoms with Gasteiger partial charge in [-0.2, -0.15) is 0 Å². The van der Waals surface area contributed by atoms with Crippen molar-refractivity contribution in [1.29, 1.82) is 0 Å². The Balaban J connectivity index is 2.28. The molecule has 25 heavy (non-hydrogen) atoms. The van der Waals surface area contributed by atoms with Crippen LogP contribution in [0.15, 0.2) is 23.2 Å². The number of hydrogen-bond donors (Lipinski definition) is 2. The lowest BCUT2D eigenvalue weighted by atomic mass is 10.1. The molecule has 0 aliphatic carbocycles. The Morgan fingerprint density at radius 1 is 1.20 bits per heavy atom. The zero-order chi connectivity index (χ0) is 18.7. The van der Waals surface area contributed by atoms with Crippen LogP contribution >= 0.6 is 0 Å². The SMILES string of the molecule is CN=C(NCCOCCS(C)(=O)=O)NCCc1cc(C)ccc1OC. The van der Waals surface area contributed by atoms with Crippen molar-refractivity contribution in [3.05, 3.63) is 29.3 Å². The number of ether oxygens (including phenoxy) is 2. The minimum Gasteiger partial charge on any atom is -0.496 e. The summed E-state index contributed by atoms with van der Waals surface area (Å²) in [5.74, 6) is 1.60. The first kappa shape index (κ1) is 21.2. The number of methoxy groups -OCH3 is 1. The second-order valence-electron chi connectivity index (χ2n) is 5.73. The lowest BCUT2D eigenvalue weighted by Crippen LogP contribution is -2.40. The molecule has 2 N–H and O–H groups in total. The number of benzene rings is 1. The molecule has 0 aliphatic heterocycles. The maximum Gasteiger partial charge on any atom is 0.191 e. The monoisotopic (exact) mass is 371 g/mol. The van der Waals surface area contributed by atoms with Crippen molar-refractivity contribution in [2.24, 2.45) is 4.99 Å². The van der Waals surface area contributed by atoms with E-state index in [4.69, 9.17) is 9.47 Å². The topological polar surface area (TPSA) is 89.0 Å². The number of nitrogens with zero attached hydrogens (tertiary/aromatic N) is 1. The van der Waals surface area contributed by atoms with E-state index in [-0.39, 0.29) is 12.4 Å². The van der Waals surface area contributed by atoms with E-state index in [0.29, 0.717) is 25.7 Å². The van der Waals surface area contributed by atoms with E-state index in [1.54, 1.807) is 14.2 Å². The average molecular weight is 372 g/mol. The van der Waals surface area contributed by atoms with Crippen molar-refractivity contribution in [2.75, 3.05) is 52.5 Å². The van der Waals surface area contributed by atoms with Gasteiger partial charge < -0.3 is 20.1 Å². The number of aryl methyl sites for hydroxylation is 1. The first-order valence-electron chi connectivity index (χ1n) is 8.19. The summed E-state index contributed by atoms with van der Waals surface area (Å²) in [7, 11) is 0.403. The summed E-state index contributed by atoms with van der Waals surface area (Å²) in [6.07, 6.45) is 2.01. The van der Waals surface area contributed by atoms with Gasteiger partial charge in [-0.1, -0.05) is 17.7 Å². The summed E-state index contributed by atoms with van der Waals surface area (Å²) in [4.78, 5) is 4.15. The van der Waals surface area contributed by atoms with Crippen molar-refractivity contribution < 1.29 is 17.9 Å². The van der Waals surface area contributed by atoms with Crippen LogP contribution in [0.25, 0.3) is 0 Å². The van der Waals surface area contributed by atoms with Crippen molar-refractivity contribution in [2.45, 2.75) is 13.3 Å². The van der Waals surface area contributed by atoms with Gasteiger partial charge in [-0.25, -0.2) is 8.42 Å². The number of rotatable bonds is 10. The van der Waals surface area contributed by atoms with Gasteiger partial charge in [0.05, 0.1) is 26.1 Å². The van der Waals surface area contributed by atoms with Crippen molar-refractivity contribution in [3.8, 4) is 5.75 Å². The maximum absolute atomic E-state index is 11.0. The first-order chi connectivity index (χ1) is 11.9. The summed E-state index contributed by atoms with van der Waals surface area (Å²) in [5, 5.41) is 6.36. The van der Waals surface area contributed by atoms with Gasteiger partial charge in [0, 0.05) is 26.4 Å². The standard InChI is InChI=1S/C17H29N3O4S/c1-14-5-6-16(23-3)15(13-14)7-8-19-17(18-2)20-9-10-24-11-12-25(4,21)22/h5-6,13H,7-12H2,1-4H3,(H2,18,19,20). The molecular weight excluding hydrogens is 342 g/mol. The number of hydrogen-bond acceptors (Lipinski definition) is 5. The fourth-order valence-corrected chi connectivity index (χ4v) is 2.61. The van der Waals surface area contributed by atoms with Gasteiger partial charge in [0.2, 0.25) is 0 Å². The molecule has 0 saturated heterocycles. The summed E-state index contributed by atoms with van der Waals surface area (Å²) in [6.45, 7) is 3.95. The Morgan fingerprint density at radius 3 is 2.56 bits per heavy atom. The second kappa shape index (κ2) is 10.9. The van der Waals surface area contributed by atoms with E-state index in [2.05, 4.69) is 28.6 Å². The van der Waals surface area contributed by atoms with Crippen LogP contribution in [0, 0.1) is 6.92 Å². The third kappa shape index (κ3) is 9.31. The highest BCUT2D eigenvalue weighted by molar-refractivity contribution is 7.90. The van der Waals surface area contributed by atoms with E-state index < -0.39 is 9.84 Å². The second-order valence-corrected chi connectivity index (χ2v) is 7.99. The lowest BCUT2D eigenvalue weighted by molar-refractivity contribution is 0.154. The molecule has 142 valence electrons. The molecular formula is C17H29N3O4S. The first-order valence-corrected chi connectivity index (χ1v) is 10.3. The highest BCUT2D eigenvalue weighted by Crippen LogP contribution is 2.19. The molecule has 0 atom stereocenters. The fourth-order valence-electron chi connectivity index (χ4n) is 2.19. The summed E-state index contributed by atoms with van der Waals surface area (Å²) in [6, 6.07) is 6.12. The third-order valence-corrected chi connectivity index (χ3v) is 4.39. The van der Waals surface area contributed by atoms with Gasteiger partial charge >= 0.3 is 0 Å². The van der Waals surface area contributed by atoms with Crippen LogP contribution in [0.5, 0.6) is 5.75 Å². The van der Waals surface area contributed by atoms with Gasteiger partial charge in [-0.3, -0.25) is 4.99 Å². The van der Waals surface area contributed by atoms with Crippen molar-refractivity contribution >= 4 is 15.8 Å². The number of nitrogens with one attached hydrogen (secondary N) is 2. The Hall–Kier alpha value is -1.80. The predicted octanol–water partition coefficient (Wildman–Crippen LogP) is 0.772. The number of aliphatic imine (C=N–C) groups is 1. The van der Waals surface area contributed by atoms with Gasteiger partial charge in [0.15, 0.2) is 5.96 Å². The van der Waals surface area contributed by atoms with E-state index in [0.717, 1.165) is 17.7 Å². The normalized spacial score (nSPS) is 12.1. The van der Waals surface area contributed by atoms with Crippen LogP contribution in [0.4, 0.5) is 0 Å². The summed E-state index contributed by atoms with van der Waals surface area (Å²) in [5.41, 5.74) is 2.35. The maximum atomic E-state index is 11.0. The summed E-state index contributed by atoms with van der Waals surface area (Å²) < 4.78 is 32.6. The number of sulfone groups is 1. The third-order valence-electron chi connectivity index (χ3n) is 3.48. The molecule has 0 aliphatic rings. The van der Waals surface area contributed by atoms with Gasteiger partial charge in [0.1, 0.15) is 15.6 Å². The molecule has 0 spiro atoms. The minimum atomic E-state index is -2.97. The van der Waals surface area contributed by atoms with Crippen LogP contribution < -0.4 is 15.4 Å². The lowest BCUT2D eigenvalue weighted by Gasteiger charge is -2.13. The van der Waals surface area contributed by atoms with E-state index in [1.807, 2.05) is 12.1 Å².